The molecule has 0 aliphatic heterocycles. The lowest BCUT2D eigenvalue weighted by atomic mass is 10.2. The number of rotatable bonds is 3. The molecule has 0 saturated carbocycles. The van der Waals surface area contributed by atoms with E-state index in [9.17, 15) is 8.42 Å². The largest absolute Gasteiger partial charge is 0.326 e. The molecular formula is C8H11ClN2O2S. The molecule has 14 heavy (non-hydrogen) atoms. The molecule has 0 bridgehead atoms. The summed E-state index contributed by atoms with van der Waals surface area (Å²) in [6.07, 6.45) is 0. The van der Waals surface area contributed by atoms with Gasteiger partial charge >= 0.3 is 0 Å². The second-order valence-corrected chi connectivity index (χ2v) is 4.94. The van der Waals surface area contributed by atoms with Gasteiger partial charge in [0.2, 0.25) is 10.0 Å². The van der Waals surface area contributed by atoms with E-state index in [2.05, 4.69) is 4.72 Å². The molecule has 0 aliphatic rings. The summed E-state index contributed by atoms with van der Waals surface area (Å²) in [7, 11) is -2.16. The maximum atomic E-state index is 11.5. The average Bonchev–Trinajstić information content (AvgIpc) is 2.18. The highest BCUT2D eigenvalue weighted by Crippen LogP contribution is 2.21. The third-order valence-corrected chi connectivity index (χ3v) is 3.69. The first-order chi connectivity index (χ1) is 6.51. The van der Waals surface area contributed by atoms with E-state index in [0.717, 1.165) is 5.56 Å². The van der Waals surface area contributed by atoms with Gasteiger partial charge in [0.1, 0.15) is 4.90 Å². The molecule has 4 nitrogen and oxygen atoms in total. The molecule has 0 unspecified atom stereocenters. The van der Waals surface area contributed by atoms with Gasteiger partial charge in [-0.15, -0.1) is 0 Å². The third kappa shape index (κ3) is 2.24. The van der Waals surface area contributed by atoms with Gasteiger partial charge in [0.25, 0.3) is 0 Å². The summed E-state index contributed by atoms with van der Waals surface area (Å²) >= 11 is 5.76. The first-order valence-electron chi connectivity index (χ1n) is 3.93. The number of hydrogen-bond donors (Lipinski definition) is 2. The molecule has 0 atom stereocenters. The number of nitrogens with two attached hydrogens (primary N) is 1. The Balaban J connectivity index is 3.33. The second kappa shape index (κ2) is 4.27. The molecule has 0 fully saturated rings. The third-order valence-electron chi connectivity index (χ3n) is 1.79. The zero-order valence-corrected chi connectivity index (χ0v) is 9.19. The summed E-state index contributed by atoms with van der Waals surface area (Å²) in [5.74, 6) is 0. The summed E-state index contributed by atoms with van der Waals surface area (Å²) in [6, 6.07) is 4.68. The van der Waals surface area contributed by atoms with Crippen LogP contribution in [0.3, 0.4) is 0 Å². The van der Waals surface area contributed by atoms with Gasteiger partial charge in [-0.2, -0.15) is 0 Å². The fourth-order valence-electron chi connectivity index (χ4n) is 0.991. The predicted molar refractivity (Wildman–Crippen MR) is 55.6 cm³/mol. The second-order valence-electron chi connectivity index (χ2n) is 2.68. The van der Waals surface area contributed by atoms with E-state index in [-0.39, 0.29) is 16.5 Å². The van der Waals surface area contributed by atoms with Gasteiger partial charge in [-0.1, -0.05) is 17.7 Å². The van der Waals surface area contributed by atoms with Crippen LogP contribution in [0.2, 0.25) is 5.02 Å². The molecule has 0 aromatic heterocycles. The van der Waals surface area contributed by atoms with Gasteiger partial charge in [0.05, 0.1) is 5.02 Å². The van der Waals surface area contributed by atoms with Crippen LogP contribution in [0.15, 0.2) is 23.1 Å². The SMILES string of the molecule is CNS(=O)(=O)c1cc(CN)ccc1Cl. The molecule has 3 N–H and O–H groups in total. The Kier molecular flexibility index (Phi) is 3.49. The minimum atomic E-state index is -3.50. The van der Waals surface area contributed by atoms with Crippen LogP contribution < -0.4 is 10.5 Å². The number of benzene rings is 1. The molecule has 1 aromatic carbocycles. The molecule has 78 valence electrons. The monoisotopic (exact) mass is 234 g/mol. The Bertz CT molecular complexity index is 431. The molecule has 0 saturated heterocycles. The van der Waals surface area contributed by atoms with Crippen molar-refractivity contribution in [1.82, 2.24) is 4.72 Å². The Hall–Kier alpha value is -0.620. The van der Waals surface area contributed by atoms with E-state index in [0.29, 0.717) is 0 Å². The molecule has 1 rings (SSSR count). The highest BCUT2D eigenvalue weighted by molar-refractivity contribution is 7.89. The zero-order chi connectivity index (χ0) is 10.8. The van der Waals surface area contributed by atoms with Crippen molar-refractivity contribution in [3.63, 3.8) is 0 Å². The molecular weight excluding hydrogens is 224 g/mol. The molecule has 0 aliphatic carbocycles. The Morgan fingerprint density at radius 3 is 2.64 bits per heavy atom. The van der Waals surface area contributed by atoms with Crippen molar-refractivity contribution in [3.05, 3.63) is 28.8 Å². The average molecular weight is 235 g/mol. The highest BCUT2D eigenvalue weighted by Gasteiger charge is 2.15. The summed E-state index contributed by atoms with van der Waals surface area (Å²) in [5, 5.41) is 0.191. The van der Waals surface area contributed by atoms with Crippen molar-refractivity contribution in [3.8, 4) is 0 Å². The van der Waals surface area contributed by atoms with E-state index in [1.54, 1.807) is 6.07 Å². The molecule has 0 amide bonds. The summed E-state index contributed by atoms with van der Waals surface area (Å²) in [4.78, 5) is 0.0598. The lowest BCUT2D eigenvalue weighted by Gasteiger charge is -2.06. The highest BCUT2D eigenvalue weighted by atomic mass is 35.5. The van der Waals surface area contributed by atoms with Crippen molar-refractivity contribution in [1.29, 1.82) is 0 Å². The van der Waals surface area contributed by atoms with Crippen molar-refractivity contribution in [2.75, 3.05) is 7.05 Å². The van der Waals surface area contributed by atoms with Crippen molar-refractivity contribution < 1.29 is 8.42 Å². The molecule has 1 aromatic rings. The van der Waals surface area contributed by atoms with Gasteiger partial charge in [-0.25, -0.2) is 13.1 Å². The van der Waals surface area contributed by atoms with E-state index in [4.69, 9.17) is 17.3 Å². The van der Waals surface area contributed by atoms with E-state index in [1.807, 2.05) is 0 Å². The Morgan fingerprint density at radius 2 is 2.14 bits per heavy atom. The Morgan fingerprint density at radius 1 is 1.50 bits per heavy atom. The van der Waals surface area contributed by atoms with Crippen LogP contribution in [-0.2, 0) is 16.6 Å². The van der Waals surface area contributed by atoms with E-state index < -0.39 is 10.0 Å². The summed E-state index contributed by atoms with van der Waals surface area (Å²) < 4.78 is 25.1. The summed E-state index contributed by atoms with van der Waals surface area (Å²) in [5.41, 5.74) is 6.12. The van der Waals surface area contributed by atoms with Gasteiger partial charge in [-0.3, -0.25) is 0 Å². The number of nitrogens with one attached hydrogen (secondary N) is 1. The first kappa shape index (κ1) is 11.5. The van der Waals surface area contributed by atoms with Gasteiger partial charge in [-0.05, 0) is 24.7 Å². The maximum Gasteiger partial charge on any atom is 0.241 e. The van der Waals surface area contributed by atoms with Crippen LogP contribution in [0.25, 0.3) is 0 Å². The molecule has 6 heteroatoms. The Labute approximate surface area is 88.1 Å². The molecule has 0 spiro atoms. The lowest BCUT2D eigenvalue weighted by Crippen LogP contribution is -2.19. The minimum Gasteiger partial charge on any atom is -0.326 e. The van der Waals surface area contributed by atoms with Gasteiger partial charge < -0.3 is 5.73 Å². The minimum absolute atomic E-state index is 0.0598. The topological polar surface area (TPSA) is 72.2 Å². The quantitative estimate of drug-likeness (QED) is 0.809. The van der Waals surface area contributed by atoms with Crippen molar-refractivity contribution in [2.45, 2.75) is 11.4 Å². The fraction of sp³-hybridized carbons (Fsp3) is 0.250. The van der Waals surface area contributed by atoms with Crippen LogP contribution >= 0.6 is 11.6 Å². The lowest BCUT2D eigenvalue weighted by molar-refractivity contribution is 0.588. The van der Waals surface area contributed by atoms with Crippen molar-refractivity contribution >= 4 is 21.6 Å². The zero-order valence-electron chi connectivity index (χ0n) is 7.62. The van der Waals surface area contributed by atoms with E-state index >= 15 is 0 Å². The number of sulfonamides is 1. The van der Waals surface area contributed by atoms with Gasteiger partial charge in [0.15, 0.2) is 0 Å². The van der Waals surface area contributed by atoms with Crippen LogP contribution in [0.4, 0.5) is 0 Å². The van der Waals surface area contributed by atoms with Crippen LogP contribution in [0.1, 0.15) is 5.56 Å². The van der Waals surface area contributed by atoms with Crippen LogP contribution in [0, 0.1) is 0 Å². The molecule has 0 radical (unpaired) electrons. The van der Waals surface area contributed by atoms with Gasteiger partial charge in [0, 0.05) is 6.54 Å². The van der Waals surface area contributed by atoms with Crippen molar-refractivity contribution in [2.24, 2.45) is 5.73 Å². The first-order valence-corrected chi connectivity index (χ1v) is 5.79. The summed E-state index contributed by atoms with van der Waals surface area (Å²) in [6.45, 7) is 0.281. The maximum absolute atomic E-state index is 11.5. The van der Waals surface area contributed by atoms with E-state index in [1.165, 1.54) is 19.2 Å². The molecule has 0 heterocycles. The van der Waals surface area contributed by atoms with Crippen LogP contribution in [0.5, 0.6) is 0 Å². The predicted octanol–water partition coefficient (Wildman–Crippen LogP) is 0.707. The smallest absolute Gasteiger partial charge is 0.241 e. The van der Waals surface area contributed by atoms with Crippen LogP contribution in [-0.4, -0.2) is 15.5 Å². The standard InChI is InChI=1S/C8H11ClN2O2S/c1-11-14(12,13)8-4-6(5-10)2-3-7(8)9/h2-4,11H,5,10H2,1H3. The fourth-order valence-corrected chi connectivity index (χ4v) is 2.26. The number of hydrogen-bond acceptors (Lipinski definition) is 3. The normalized spacial score (nSPS) is 11.6. The number of halogens is 1.